The highest BCUT2D eigenvalue weighted by Crippen LogP contribution is 2.46. The lowest BCUT2D eigenvalue weighted by atomic mass is 9.72. The first kappa shape index (κ1) is 24.5. The Labute approximate surface area is 182 Å². The number of fused-ring (bicyclic) bond motifs is 1. The normalized spacial score (nSPS) is 28.5. The largest absolute Gasteiger partial charge is 0.468 e. The van der Waals surface area contributed by atoms with Gasteiger partial charge in [0.15, 0.2) is 11.2 Å². The van der Waals surface area contributed by atoms with E-state index < -0.39 is 28.7 Å². The first-order chi connectivity index (χ1) is 14.8. The number of ether oxygens (including phenoxy) is 3. The molecule has 0 heterocycles. The first-order valence-electron chi connectivity index (χ1n) is 10.4. The fourth-order valence-corrected chi connectivity index (χ4v) is 4.64. The monoisotopic (exact) mass is 434 g/mol. The van der Waals surface area contributed by atoms with Crippen molar-refractivity contribution in [2.45, 2.75) is 51.4 Å². The molecule has 0 aromatic heterocycles. The third-order valence-electron chi connectivity index (χ3n) is 6.43. The smallest absolute Gasteiger partial charge is 0.323 e. The van der Waals surface area contributed by atoms with E-state index in [9.17, 15) is 24.0 Å². The topological polar surface area (TPSA) is 113 Å². The number of ketones is 2. The zero-order chi connectivity index (χ0) is 23.1. The second-order valence-electron chi connectivity index (χ2n) is 8.01. The molecule has 170 valence electrons. The van der Waals surface area contributed by atoms with Gasteiger partial charge in [0.05, 0.1) is 21.3 Å². The van der Waals surface area contributed by atoms with Crippen LogP contribution in [0.2, 0.25) is 0 Å². The summed E-state index contributed by atoms with van der Waals surface area (Å²) in [6, 6.07) is 0. The van der Waals surface area contributed by atoms with Crippen molar-refractivity contribution in [3.63, 3.8) is 0 Å². The minimum atomic E-state index is -1.53. The number of hydrogen-bond acceptors (Lipinski definition) is 8. The summed E-state index contributed by atoms with van der Waals surface area (Å²) >= 11 is 0. The summed E-state index contributed by atoms with van der Waals surface area (Å²) in [4.78, 5) is 62.9. The van der Waals surface area contributed by atoms with Crippen molar-refractivity contribution in [3.05, 3.63) is 24.3 Å². The Bertz CT molecular complexity index is 777. The lowest BCUT2D eigenvalue weighted by Gasteiger charge is -2.30. The van der Waals surface area contributed by atoms with Gasteiger partial charge in [-0.3, -0.25) is 24.0 Å². The Kier molecular flexibility index (Phi) is 8.30. The van der Waals surface area contributed by atoms with Gasteiger partial charge in [-0.15, -0.1) is 0 Å². The van der Waals surface area contributed by atoms with Crippen molar-refractivity contribution in [1.29, 1.82) is 0 Å². The zero-order valence-corrected chi connectivity index (χ0v) is 18.3. The van der Waals surface area contributed by atoms with Crippen LogP contribution in [0.4, 0.5) is 0 Å². The molecule has 8 heteroatoms. The van der Waals surface area contributed by atoms with Crippen molar-refractivity contribution >= 4 is 29.5 Å². The highest BCUT2D eigenvalue weighted by molar-refractivity contribution is 6.06. The maximum Gasteiger partial charge on any atom is 0.323 e. The summed E-state index contributed by atoms with van der Waals surface area (Å²) in [5.74, 6) is -2.77. The minimum absolute atomic E-state index is 0.0322. The second-order valence-corrected chi connectivity index (χ2v) is 8.01. The standard InChI is InChI=1S/C23H30O8/c1-29-19(26)22(20(27)30-2)13-6-4-5-8-16-10-11-18(25)23(16,21(28)31-3)15-12-17(24)9-7-14-22/h4-6,8,16H,7,9-15H2,1-3H3/b6-4+,8-5-/t16-,23-/m1/s1. The highest BCUT2D eigenvalue weighted by Gasteiger charge is 2.55. The lowest BCUT2D eigenvalue weighted by molar-refractivity contribution is -0.170. The van der Waals surface area contributed by atoms with Gasteiger partial charge < -0.3 is 14.2 Å². The Morgan fingerprint density at radius 3 is 2.13 bits per heavy atom. The van der Waals surface area contributed by atoms with Gasteiger partial charge >= 0.3 is 17.9 Å². The van der Waals surface area contributed by atoms with Crippen LogP contribution >= 0.6 is 0 Å². The van der Waals surface area contributed by atoms with Crippen molar-refractivity contribution in [2.75, 3.05) is 21.3 Å². The highest BCUT2D eigenvalue weighted by atomic mass is 16.5. The average molecular weight is 434 g/mol. The molecule has 0 amide bonds. The van der Waals surface area contributed by atoms with E-state index in [2.05, 4.69) is 0 Å². The van der Waals surface area contributed by atoms with E-state index in [-0.39, 0.29) is 62.4 Å². The van der Waals surface area contributed by atoms with Crippen LogP contribution < -0.4 is 0 Å². The van der Waals surface area contributed by atoms with Gasteiger partial charge in [0.2, 0.25) is 0 Å². The molecule has 0 aromatic rings. The van der Waals surface area contributed by atoms with Crippen LogP contribution in [0.25, 0.3) is 0 Å². The van der Waals surface area contributed by atoms with Crippen molar-refractivity contribution in [1.82, 2.24) is 0 Å². The molecule has 0 unspecified atom stereocenters. The molecule has 0 aromatic carbocycles. The molecule has 0 radical (unpaired) electrons. The summed E-state index contributed by atoms with van der Waals surface area (Å²) in [7, 11) is 3.66. The fraction of sp³-hybridized carbons (Fsp3) is 0.609. The van der Waals surface area contributed by atoms with E-state index in [0.717, 1.165) is 0 Å². The maximum atomic E-state index is 12.7. The van der Waals surface area contributed by atoms with Crippen molar-refractivity contribution in [2.24, 2.45) is 16.7 Å². The Morgan fingerprint density at radius 1 is 0.871 bits per heavy atom. The van der Waals surface area contributed by atoms with E-state index in [1.807, 2.05) is 0 Å². The summed E-state index contributed by atoms with van der Waals surface area (Å²) in [6.45, 7) is 0. The second kappa shape index (κ2) is 10.5. The van der Waals surface area contributed by atoms with Crippen LogP contribution in [0.1, 0.15) is 51.4 Å². The van der Waals surface area contributed by atoms with E-state index in [4.69, 9.17) is 14.2 Å². The molecule has 0 bridgehead atoms. The molecule has 0 N–H and O–H groups in total. The molecule has 1 fully saturated rings. The number of Topliss-reactive ketones (excluding diaryl/α,β-unsaturated/α-hetero) is 2. The summed E-state index contributed by atoms with van der Waals surface area (Å²) in [5, 5.41) is 0. The average Bonchev–Trinajstić information content (AvgIpc) is 3.10. The van der Waals surface area contributed by atoms with Gasteiger partial charge in [-0.05, 0) is 32.1 Å². The molecule has 2 aliphatic rings. The molecular weight excluding hydrogens is 404 g/mol. The summed E-state index contributed by atoms with van der Waals surface area (Å²) in [6.07, 6.45) is 8.08. The van der Waals surface area contributed by atoms with Crippen LogP contribution in [0.5, 0.6) is 0 Å². The third-order valence-corrected chi connectivity index (χ3v) is 6.43. The van der Waals surface area contributed by atoms with E-state index in [0.29, 0.717) is 6.42 Å². The SMILES string of the molecule is COC(=O)C1(C(=O)OC)C/C=C/C=C\[C@@H]2CCC(=O)[C@@]2(C(=O)OC)CCC(=O)CCC1. The van der Waals surface area contributed by atoms with E-state index in [1.54, 1.807) is 24.3 Å². The quantitative estimate of drug-likeness (QED) is 0.378. The van der Waals surface area contributed by atoms with Gasteiger partial charge in [-0.2, -0.15) is 0 Å². The molecule has 31 heavy (non-hydrogen) atoms. The Balaban J connectivity index is 2.42. The molecule has 2 aliphatic carbocycles. The number of carbonyl (C=O) groups excluding carboxylic acids is 5. The summed E-state index contributed by atoms with van der Waals surface area (Å²) in [5.41, 5.74) is -2.88. The molecular formula is C23H30O8. The minimum Gasteiger partial charge on any atom is -0.468 e. The van der Waals surface area contributed by atoms with E-state index >= 15 is 0 Å². The van der Waals surface area contributed by atoms with Gasteiger partial charge in [0, 0.05) is 25.2 Å². The van der Waals surface area contributed by atoms with E-state index in [1.165, 1.54) is 21.3 Å². The molecule has 0 saturated heterocycles. The van der Waals surface area contributed by atoms with Gasteiger partial charge in [-0.25, -0.2) is 0 Å². The Morgan fingerprint density at radius 2 is 1.52 bits per heavy atom. The lowest BCUT2D eigenvalue weighted by Crippen LogP contribution is -2.42. The number of esters is 3. The first-order valence-corrected chi connectivity index (χ1v) is 10.4. The molecule has 2 rings (SSSR count). The zero-order valence-electron chi connectivity index (χ0n) is 18.3. The van der Waals surface area contributed by atoms with Crippen LogP contribution in [0.3, 0.4) is 0 Å². The summed E-state index contributed by atoms with van der Waals surface area (Å²) < 4.78 is 14.7. The van der Waals surface area contributed by atoms with Gasteiger partial charge in [0.1, 0.15) is 11.2 Å². The number of rotatable bonds is 3. The van der Waals surface area contributed by atoms with Crippen molar-refractivity contribution < 1.29 is 38.2 Å². The molecule has 8 nitrogen and oxygen atoms in total. The Hall–Kier alpha value is -2.77. The number of hydrogen-bond donors (Lipinski definition) is 0. The number of methoxy groups -OCH3 is 3. The molecule has 0 spiro atoms. The molecule has 0 aliphatic heterocycles. The van der Waals surface area contributed by atoms with Crippen molar-refractivity contribution in [3.8, 4) is 0 Å². The van der Waals surface area contributed by atoms with Crippen LogP contribution in [0, 0.1) is 16.7 Å². The van der Waals surface area contributed by atoms with Crippen LogP contribution in [-0.4, -0.2) is 50.8 Å². The van der Waals surface area contributed by atoms with Crippen LogP contribution in [-0.2, 0) is 38.2 Å². The maximum absolute atomic E-state index is 12.7. The van der Waals surface area contributed by atoms with Crippen LogP contribution in [0.15, 0.2) is 24.3 Å². The molecule has 1 saturated carbocycles. The fourth-order valence-electron chi connectivity index (χ4n) is 4.64. The number of carbonyl (C=O) groups is 5. The third kappa shape index (κ3) is 4.78. The van der Waals surface area contributed by atoms with Gasteiger partial charge in [0.25, 0.3) is 0 Å². The predicted octanol–water partition coefficient (Wildman–Crippen LogP) is 2.49. The predicted molar refractivity (Wildman–Crippen MR) is 110 cm³/mol. The molecule has 2 atom stereocenters. The van der Waals surface area contributed by atoms with Gasteiger partial charge in [-0.1, -0.05) is 24.3 Å². The number of allylic oxidation sites excluding steroid dienone is 4.